The van der Waals surface area contributed by atoms with Gasteiger partial charge in [-0.3, -0.25) is 9.59 Å². The summed E-state index contributed by atoms with van der Waals surface area (Å²) in [5, 5.41) is 15.1. The van der Waals surface area contributed by atoms with Crippen LogP contribution in [0.1, 0.15) is 13.3 Å². The van der Waals surface area contributed by atoms with E-state index in [0.717, 1.165) is 6.92 Å². The van der Waals surface area contributed by atoms with Gasteiger partial charge in [0.1, 0.15) is 0 Å². The molecular weight excluding hydrogens is 124 g/mol. The summed E-state index contributed by atoms with van der Waals surface area (Å²) < 4.78 is 0. The second-order valence-corrected chi connectivity index (χ2v) is 1.16. The monoisotopic (exact) mass is 133 g/mol. The van der Waals surface area contributed by atoms with Crippen molar-refractivity contribution >= 4 is 11.9 Å². The van der Waals surface area contributed by atoms with Crippen molar-refractivity contribution in [2.75, 3.05) is 0 Å². The Morgan fingerprint density at radius 1 is 1.44 bits per heavy atom. The van der Waals surface area contributed by atoms with Gasteiger partial charge in [0.25, 0.3) is 5.97 Å². The fraction of sp³-hybridized carbons (Fsp3) is 0.400. The van der Waals surface area contributed by atoms with Gasteiger partial charge in [-0.1, -0.05) is 0 Å². The van der Waals surface area contributed by atoms with Crippen molar-refractivity contribution in [3.8, 4) is 0 Å². The van der Waals surface area contributed by atoms with Crippen molar-refractivity contribution in [1.82, 2.24) is 0 Å². The maximum Gasteiger partial charge on any atom is 0.303 e. The standard InChI is InChI=1S/C3H5O2.C2H4O2/c1-2-3(4)5;1-2(3)4/h1-2H2,(H,4,5);1H3,(H,3,4). The van der Waals surface area contributed by atoms with Crippen LogP contribution in [0.25, 0.3) is 0 Å². The molecule has 0 rings (SSSR count). The van der Waals surface area contributed by atoms with Gasteiger partial charge in [-0.15, -0.1) is 0 Å². The van der Waals surface area contributed by atoms with E-state index in [1.165, 1.54) is 0 Å². The molecule has 0 amide bonds. The smallest absolute Gasteiger partial charge is 0.303 e. The van der Waals surface area contributed by atoms with Gasteiger partial charge in [-0.2, -0.15) is 0 Å². The number of aliphatic carboxylic acids is 2. The van der Waals surface area contributed by atoms with E-state index in [2.05, 4.69) is 6.92 Å². The molecule has 0 bridgehead atoms. The minimum atomic E-state index is -0.856. The highest BCUT2D eigenvalue weighted by Gasteiger charge is 1.81. The molecule has 4 heteroatoms. The number of rotatable bonds is 1. The molecule has 4 nitrogen and oxygen atoms in total. The molecule has 0 fully saturated rings. The van der Waals surface area contributed by atoms with Crippen molar-refractivity contribution in [1.29, 1.82) is 0 Å². The predicted octanol–water partition coefficient (Wildman–Crippen LogP) is 0.386. The molecule has 0 aliphatic carbocycles. The molecule has 0 heterocycles. The first kappa shape index (κ1) is 10.8. The van der Waals surface area contributed by atoms with Crippen LogP contribution in [0.2, 0.25) is 0 Å². The Morgan fingerprint density at radius 3 is 1.56 bits per heavy atom. The van der Waals surface area contributed by atoms with Gasteiger partial charge < -0.3 is 10.2 Å². The molecule has 0 aliphatic heterocycles. The molecule has 0 aromatic rings. The highest BCUT2D eigenvalue weighted by molar-refractivity contribution is 5.67. The second-order valence-electron chi connectivity index (χ2n) is 1.16. The SMILES string of the molecule is CC(=O)O.[CH2]CC(=O)O. The zero-order valence-corrected chi connectivity index (χ0v) is 5.13. The van der Waals surface area contributed by atoms with E-state index in [9.17, 15) is 4.79 Å². The summed E-state index contributed by atoms with van der Waals surface area (Å²) in [5.41, 5.74) is 0. The summed E-state index contributed by atoms with van der Waals surface area (Å²) >= 11 is 0. The summed E-state index contributed by atoms with van der Waals surface area (Å²) in [7, 11) is 0. The number of hydrogen-bond donors (Lipinski definition) is 2. The molecule has 0 aliphatic rings. The maximum absolute atomic E-state index is 9.31. The van der Waals surface area contributed by atoms with Crippen LogP contribution >= 0.6 is 0 Å². The lowest BCUT2D eigenvalue weighted by Crippen LogP contribution is -1.87. The number of carboxylic acid groups (broad SMARTS) is 2. The third-order valence-electron chi connectivity index (χ3n) is 0.214. The minimum Gasteiger partial charge on any atom is -0.481 e. The molecule has 0 saturated carbocycles. The van der Waals surface area contributed by atoms with Gasteiger partial charge in [0, 0.05) is 13.3 Å². The Morgan fingerprint density at radius 2 is 1.56 bits per heavy atom. The summed E-state index contributed by atoms with van der Waals surface area (Å²) in [6.07, 6.45) is -0.0278. The van der Waals surface area contributed by atoms with E-state index in [0.29, 0.717) is 0 Å². The summed E-state index contributed by atoms with van der Waals surface area (Å²) in [6, 6.07) is 0. The lowest BCUT2D eigenvalue weighted by molar-refractivity contribution is -0.136. The number of carbonyl (C=O) groups is 2. The lowest BCUT2D eigenvalue weighted by atomic mass is 10.5. The number of hydrogen-bond acceptors (Lipinski definition) is 2. The van der Waals surface area contributed by atoms with Gasteiger partial charge in [0.05, 0.1) is 0 Å². The van der Waals surface area contributed by atoms with Crippen molar-refractivity contribution in [3.05, 3.63) is 6.92 Å². The summed E-state index contributed by atoms with van der Waals surface area (Å²) in [6.45, 7) is 4.17. The first-order valence-corrected chi connectivity index (χ1v) is 2.21. The van der Waals surface area contributed by atoms with Crippen LogP contribution in [-0.2, 0) is 9.59 Å². The normalized spacial score (nSPS) is 6.89. The molecule has 0 aromatic carbocycles. The van der Waals surface area contributed by atoms with Crippen LogP contribution in [0.15, 0.2) is 0 Å². The van der Waals surface area contributed by atoms with Gasteiger partial charge >= 0.3 is 5.97 Å². The highest BCUT2D eigenvalue weighted by atomic mass is 16.4. The Balaban J connectivity index is 0. The van der Waals surface area contributed by atoms with Gasteiger partial charge in [-0.05, 0) is 6.92 Å². The van der Waals surface area contributed by atoms with Gasteiger partial charge in [-0.25, -0.2) is 0 Å². The van der Waals surface area contributed by atoms with Gasteiger partial charge in [0.15, 0.2) is 0 Å². The van der Waals surface area contributed by atoms with Crippen molar-refractivity contribution < 1.29 is 19.8 Å². The molecule has 0 saturated heterocycles. The Bertz CT molecular complexity index is 93.1. The quantitative estimate of drug-likeness (QED) is 0.542. The van der Waals surface area contributed by atoms with Crippen LogP contribution in [-0.4, -0.2) is 22.2 Å². The second kappa shape index (κ2) is 6.94. The average Bonchev–Trinajstić information content (AvgIpc) is 1.65. The number of carboxylic acids is 2. The van der Waals surface area contributed by atoms with E-state index in [-0.39, 0.29) is 6.42 Å². The summed E-state index contributed by atoms with van der Waals surface area (Å²) in [4.78, 5) is 18.3. The Hall–Kier alpha value is -1.06. The molecule has 1 radical (unpaired) electrons. The fourth-order valence-electron chi connectivity index (χ4n) is 0. The van der Waals surface area contributed by atoms with E-state index in [1.54, 1.807) is 0 Å². The Kier molecular flexibility index (Phi) is 8.36. The molecule has 2 N–H and O–H groups in total. The van der Waals surface area contributed by atoms with E-state index in [4.69, 9.17) is 15.0 Å². The molecular formula is C5H9O4. The largest absolute Gasteiger partial charge is 0.481 e. The predicted molar refractivity (Wildman–Crippen MR) is 30.9 cm³/mol. The van der Waals surface area contributed by atoms with Crippen LogP contribution < -0.4 is 0 Å². The van der Waals surface area contributed by atoms with E-state index >= 15 is 0 Å². The van der Waals surface area contributed by atoms with Crippen LogP contribution in [0.3, 0.4) is 0 Å². The third-order valence-corrected chi connectivity index (χ3v) is 0.214. The molecule has 0 atom stereocenters. The van der Waals surface area contributed by atoms with E-state index < -0.39 is 11.9 Å². The average molecular weight is 133 g/mol. The Labute approximate surface area is 53.1 Å². The molecule has 0 unspecified atom stereocenters. The zero-order chi connectivity index (χ0) is 7.86. The van der Waals surface area contributed by atoms with Gasteiger partial charge in [0.2, 0.25) is 0 Å². The maximum atomic E-state index is 9.31. The van der Waals surface area contributed by atoms with Crippen molar-refractivity contribution in [3.63, 3.8) is 0 Å². The first-order chi connectivity index (χ1) is 4.00. The zero-order valence-electron chi connectivity index (χ0n) is 5.13. The van der Waals surface area contributed by atoms with Crippen LogP contribution in [0, 0.1) is 6.92 Å². The molecule has 0 spiro atoms. The highest BCUT2D eigenvalue weighted by Crippen LogP contribution is 1.66. The van der Waals surface area contributed by atoms with Crippen LogP contribution in [0.4, 0.5) is 0 Å². The van der Waals surface area contributed by atoms with Crippen molar-refractivity contribution in [2.24, 2.45) is 0 Å². The fourth-order valence-corrected chi connectivity index (χ4v) is 0. The topological polar surface area (TPSA) is 74.6 Å². The summed E-state index contributed by atoms with van der Waals surface area (Å²) in [5.74, 6) is -1.69. The first-order valence-electron chi connectivity index (χ1n) is 2.21. The van der Waals surface area contributed by atoms with Crippen LogP contribution in [0.5, 0.6) is 0 Å². The van der Waals surface area contributed by atoms with Crippen molar-refractivity contribution in [2.45, 2.75) is 13.3 Å². The molecule has 9 heavy (non-hydrogen) atoms. The minimum absolute atomic E-state index is 0.0278. The lowest BCUT2D eigenvalue weighted by Gasteiger charge is -1.71. The molecule has 0 aromatic heterocycles. The third kappa shape index (κ3) is 192. The molecule has 53 valence electrons. The van der Waals surface area contributed by atoms with E-state index in [1.807, 2.05) is 0 Å².